The molecule has 2 rings (SSSR count). The molecule has 0 atom stereocenters. The lowest BCUT2D eigenvalue weighted by molar-refractivity contribution is 0.0531. The number of terminal acetylenes is 1. The molecule has 0 amide bonds. The first-order chi connectivity index (χ1) is 11.2. The van der Waals surface area contributed by atoms with Crippen molar-refractivity contribution in [3.63, 3.8) is 0 Å². The van der Waals surface area contributed by atoms with Crippen molar-refractivity contribution in [1.29, 1.82) is 0 Å². The number of nitrogens with one attached hydrogen (secondary N) is 2. The summed E-state index contributed by atoms with van der Waals surface area (Å²) in [5.41, 5.74) is 1.35. The van der Waals surface area contributed by atoms with Gasteiger partial charge in [0.1, 0.15) is 0 Å². The predicted octanol–water partition coefficient (Wildman–Crippen LogP) is 3.30. The van der Waals surface area contributed by atoms with Gasteiger partial charge in [0.05, 0.1) is 13.1 Å². The number of hydrogen-bond donors (Lipinski definition) is 2. The molecule has 0 spiro atoms. The summed E-state index contributed by atoms with van der Waals surface area (Å²) in [6.07, 6.45) is 7.28. The molecule has 1 aliphatic rings. The Kier molecular flexibility index (Phi) is 9.71. The number of ether oxygens (including phenoxy) is 1. The monoisotopic (exact) mass is 505 g/mol. The Balaban J connectivity index is 0.00000288. The molecule has 2 N–H and O–H groups in total. The number of guanidine groups is 1. The number of hydrogen-bond acceptors (Lipinski definition) is 2. The standard InChI is InChI=1S/C18H24BrN3O.HI/c1-3-11-21-17(20-4-2)22-14-18(9-12-23-13-10-18)15-5-7-16(19)8-6-15;/h1,5-8H,4,9-14H2,2H3,(H2,20,21,22);1H. The summed E-state index contributed by atoms with van der Waals surface area (Å²) >= 11 is 3.51. The predicted molar refractivity (Wildman–Crippen MR) is 114 cm³/mol. The molecule has 0 unspecified atom stereocenters. The van der Waals surface area contributed by atoms with E-state index in [1.54, 1.807) is 0 Å². The van der Waals surface area contributed by atoms with Crippen LogP contribution in [-0.4, -0.2) is 38.8 Å². The fourth-order valence-electron chi connectivity index (χ4n) is 2.81. The molecule has 6 heteroatoms. The molecule has 1 fully saturated rings. The van der Waals surface area contributed by atoms with Crippen LogP contribution in [0.2, 0.25) is 0 Å². The van der Waals surface area contributed by atoms with Gasteiger partial charge in [0.15, 0.2) is 5.96 Å². The van der Waals surface area contributed by atoms with Crippen molar-refractivity contribution < 1.29 is 4.74 Å². The van der Waals surface area contributed by atoms with Crippen molar-refractivity contribution in [2.24, 2.45) is 4.99 Å². The fraction of sp³-hybridized carbons (Fsp3) is 0.500. The van der Waals surface area contributed by atoms with Gasteiger partial charge in [0.2, 0.25) is 0 Å². The molecular weight excluding hydrogens is 481 g/mol. The van der Waals surface area contributed by atoms with E-state index < -0.39 is 0 Å². The Bertz CT molecular complexity index is 563. The van der Waals surface area contributed by atoms with Gasteiger partial charge in [0.25, 0.3) is 0 Å². The zero-order valence-electron chi connectivity index (χ0n) is 14.0. The van der Waals surface area contributed by atoms with Gasteiger partial charge >= 0.3 is 0 Å². The summed E-state index contributed by atoms with van der Waals surface area (Å²) in [6, 6.07) is 8.57. The summed E-state index contributed by atoms with van der Waals surface area (Å²) in [5, 5.41) is 6.39. The van der Waals surface area contributed by atoms with Gasteiger partial charge in [-0.05, 0) is 37.5 Å². The first-order valence-corrected chi connectivity index (χ1v) is 8.79. The topological polar surface area (TPSA) is 45.7 Å². The van der Waals surface area contributed by atoms with E-state index >= 15 is 0 Å². The minimum absolute atomic E-state index is 0. The molecule has 1 heterocycles. The molecule has 4 nitrogen and oxygen atoms in total. The van der Waals surface area contributed by atoms with E-state index in [1.807, 2.05) is 6.92 Å². The SMILES string of the molecule is C#CCNC(=NCC1(c2ccc(Br)cc2)CCOCC1)NCC.I. The summed E-state index contributed by atoms with van der Waals surface area (Å²) in [6.45, 7) is 5.61. The molecule has 1 aromatic rings. The van der Waals surface area contributed by atoms with Crippen LogP contribution < -0.4 is 10.6 Å². The largest absolute Gasteiger partial charge is 0.381 e. The van der Waals surface area contributed by atoms with Crippen LogP contribution in [0.25, 0.3) is 0 Å². The van der Waals surface area contributed by atoms with Crippen molar-refractivity contribution in [3.05, 3.63) is 34.3 Å². The van der Waals surface area contributed by atoms with Crippen LogP contribution in [0.15, 0.2) is 33.7 Å². The molecular formula is C18H25BrIN3O. The molecule has 0 aromatic heterocycles. The van der Waals surface area contributed by atoms with E-state index in [0.29, 0.717) is 6.54 Å². The van der Waals surface area contributed by atoms with Gasteiger partial charge in [-0.25, -0.2) is 0 Å². The molecule has 1 aliphatic heterocycles. The maximum atomic E-state index is 5.57. The second-order valence-electron chi connectivity index (χ2n) is 5.65. The van der Waals surface area contributed by atoms with Crippen LogP contribution in [-0.2, 0) is 10.2 Å². The molecule has 1 saturated heterocycles. The molecule has 0 radical (unpaired) electrons. The zero-order chi connectivity index (χ0) is 16.5. The highest BCUT2D eigenvalue weighted by Gasteiger charge is 2.34. The van der Waals surface area contributed by atoms with Crippen molar-refractivity contribution >= 4 is 45.9 Å². The van der Waals surface area contributed by atoms with E-state index in [4.69, 9.17) is 16.2 Å². The lowest BCUT2D eigenvalue weighted by atomic mass is 9.74. The van der Waals surface area contributed by atoms with Crippen molar-refractivity contribution in [2.75, 3.05) is 32.8 Å². The highest BCUT2D eigenvalue weighted by atomic mass is 127. The Labute approximate surface area is 170 Å². The molecule has 0 aliphatic carbocycles. The number of rotatable bonds is 5. The summed E-state index contributed by atoms with van der Waals surface area (Å²) in [4.78, 5) is 4.78. The quantitative estimate of drug-likeness (QED) is 0.279. The van der Waals surface area contributed by atoms with Gasteiger partial charge in [-0.15, -0.1) is 30.4 Å². The second-order valence-corrected chi connectivity index (χ2v) is 6.57. The molecule has 1 aromatic carbocycles. The van der Waals surface area contributed by atoms with Crippen LogP contribution in [0.3, 0.4) is 0 Å². The van der Waals surface area contributed by atoms with Gasteiger partial charge < -0.3 is 15.4 Å². The molecule has 0 saturated carbocycles. The Hall–Kier alpha value is -0.780. The number of benzene rings is 1. The van der Waals surface area contributed by atoms with Gasteiger partial charge in [0, 0.05) is 29.6 Å². The second kappa shape index (κ2) is 11.0. The average Bonchev–Trinajstić information content (AvgIpc) is 2.59. The highest BCUT2D eigenvalue weighted by Crippen LogP contribution is 2.35. The van der Waals surface area contributed by atoms with Crippen LogP contribution in [0.4, 0.5) is 0 Å². The van der Waals surface area contributed by atoms with Crippen molar-refractivity contribution in [2.45, 2.75) is 25.2 Å². The van der Waals surface area contributed by atoms with Crippen LogP contribution in [0.1, 0.15) is 25.3 Å². The lowest BCUT2D eigenvalue weighted by Crippen LogP contribution is -2.41. The average molecular weight is 506 g/mol. The Morgan fingerprint density at radius 3 is 2.54 bits per heavy atom. The highest BCUT2D eigenvalue weighted by molar-refractivity contribution is 14.0. The van der Waals surface area contributed by atoms with Gasteiger partial charge in [-0.1, -0.05) is 34.0 Å². The van der Waals surface area contributed by atoms with Gasteiger partial charge in [-0.2, -0.15) is 0 Å². The first kappa shape index (κ1) is 21.3. The van der Waals surface area contributed by atoms with Crippen LogP contribution in [0, 0.1) is 12.3 Å². The zero-order valence-corrected chi connectivity index (χ0v) is 17.9. The third-order valence-electron chi connectivity index (χ3n) is 4.15. The minimum Gasteiger partial charge on any atom is -0.381 e. The van der Waals surface area contributed by atoms with Gasteiger partial charge in [-0.3, -0.25) is 4.99 Å². The third kappa shape index (κ3) is 5.94. The smallest absolute Gasteiger partial charge is 0.192 e. The third-order valence-corrected chi connectivity index (χ3v) is 4.68. The minimum atomic E-state index is 0. The molecule has 24 heavy (non-hydrogen) atoms. The maximum Gasteiger partial charge on any atom is 0.192 e. The number of halogens is 2. The lowest BCUT2D eigenvalue weighted by Gasteiger charge is -2.36. The summed E-state index contributed by atoms with van der Waals surface area (Å²) in [5.74, 6) is 3.36. The van der Waals surface area contributed by atoms with Crippen LogP contribution in [0.5, 0.6) is 0 Å². The summed E-state index contributed by atoms with van der Waals surface area (Å²) < 4.78 is 6.67. The van der Waals surface area contributed by atoms with Crippen molar-refractivity contribution in [3.8, 4) is 12.3 Å². The van der Waals surface area contributed by atoms with Crippen molar-refractivity contribution in [1.82, 2.24) is 10.6 Å². The summed E-state index contributed by atoms with van der Waals surface area (Å²) in [7, 11) is 0. The van der Waals surface area contributed by atoms with E-state index in [-0.39, 0.29) is 29.4 Å². The van der Waals surface area contributed by atoms with E-state index in [0.717, 1.165) is 49.6 Å². The molecule has 0 bridgehead atoms. The van der Waals surface area contributed by atoms with Crippen LogP contribution >= 0.6 is 39.9 Å². The Morgan fingerprint density at radius 2 is 1.96 bits per heavy atom. The number of nitrogens with zero attached hydrogens (tertiary/aromatic N) is 1. The first-order valence-electron chi connectivity index (χ1n) is 7.99. The van der Waals surface area contributed by atoms with E-state index in [2.05, 4.69) is 56.7 Å². The van der Waals surface area contributed by atoms with E-state index in [9.17, 15) is 0 Å². The maximum absolute atomic E-state index is 5.57. The fourth-order valence-corrected chi connectivity index (χ4v) is 3.07. The van der Waals surface area contributed by atoms with E-state index in [1.165, 1.54) is 5.56 Å². The number of aliphatic imine (C=N–C) groups is 1. The molecule has 132 valence electrons. The Morgan fingerprint density at radius 1 is 1.29 bits per heavy atom. The normalized spacial score (nSPS) is 16.6.